The Morgan fingerprint density at radius 2 is 1.93 bits per heavy atom. The van der Waals surface area contributed by atoms with Gasteiger partial charge in [0.2, 0.25) is 0 Å². The van der Waals surface area contributed by atoms with E-state index in [-0.39, 0.29) is 12.4 Å². The fourth-order valence-electron chi connectivity index (χ4n) is 1.59. The Labute approximate surface area is 111 Å². The number of nitrogens with one attached hydrogen (secondary N) is 1. The van der Waals surface area contributed by atoms with Crippen molar-refractivity contribution in [2.75, 3.05) is 20.1 Å². The van der Waals surface area contributed by atoms with E-state index in [1.165, 1.54) is 9.13 Å². The SMILES string of the molecule is CN(Cc1ccc(I)cc1)C1CNC1.Cl. The van der Waals surface area contributed by atoms with Gasteiger partial charge in [0.05, 0.1) is 0 Å². The Balaban J connectivity index is 0.00000112. The third kappa shape index (κ3) is 3.59. The molecule has 0 unspecified atom stereocenters. The first-order valence-electron chi connectivity index (χ1n) is 4.91. The van der Waals surface area contributed by atoms with Crippen molar-refractivity contribution >= 4 is 35.0 Å². The minimum atomic E-state index is 0. The lowest BCUT2D eigenvalue weighted by Gasteiger charge is -2.35. The number of hydrogen-bond acceptors (Lipinski definition) is 2. The summed E-state index contributed by atoms with van der Waals surface area (Å²) in [6, 6.07) is 9.49. The van der Waals surface area contributed by atoms with E-state index in [2.05, 4.69) is 64.1 Å². The summed E-state index contributed by atoms with van der Waals surface area (Å²) in [6.45, 7) is 3.34. The molecule has 2 rings (SSSR count). The standard InChI is InChI=1S/C11H15IN2.ClH/c1-14(11-6-13-7-11)8-9-2-4-10(12)5-3-9;/h2-5,11,13H,6-8H2,1H3;1H. The van der Waals surface area contributed by atoms with Crippen LogP contribution in [-0.2, 0) is 6.54 Å². The summed E-state index contributed by atoms with van der Waals surface area (Å²) in [5.41, 5.74) is 1.40. The Morgan fingerprint density at radius 3 is 2.40 bits per heavy atom. The first kappa shape index (κ1) is 13.2. The van der Waals surface area contributed by atoms with Crippen LogP contribution in [-0.4, -0.2) is 31.1 Å². The van der Waals surface area contributed by atoms with E-state index in [1.54, 1.807) is 0 Å². The van der Waals surface area contributed by atoms with Gasteiger partial charge in [-0.3, -0.25) is 4.90 Å². The van der Waals surface area contributed by atoms with Crippen LogP contribution in [0.2, 0.25) is 0 Å². The summed E-state index contributed by atoms with van der Waals surface area (Å²) in [7, 11) is 2.20. The summed E-state index contributed by atoms with van der Waals surface area (Å²) in [6.07, 6.45) is 0. The molecule has 0 aliphatic carbocycles. The maximum absolute atomic E-state index is 3.29. The highest BCUT2D eigenvalue weighted by atomic mass is 127. The Morgan fingerprint density at radius 1 is 1.33 bits per heavy atom. The average Bonchev–Trinajstić information content (AvgIpc) is 2.06. The van der Waals surface area contributed by atoms with Gasteiger partial charge in [-0.25, -0.2) is 0 Å². The van der Waals surface area contributed by atoms with Crippen LogP contribution in [0.15, 0.2) is 24.3 Å². The monoisotopic (exact) mass is 338 g/mol. The van der Waals surface area contributed by atoms with Crippen molar-refractivity contribution in [3.63, 3.8) is 0 Å². The van der Waals surface area contributed by atoms with E-state index in [0.717, 1.165) is 25.7 Å². The molecule has 1 N–H and O–H groups in total. The number of likely N-dealkylation sites (N-methyl/N-ethyl adjacent to an activating group) is 1. The predicted molar refractivity (Wildman–Crippen MR) is 74.5 cm³/mol. The molecule has 1 fully saturated rings. The Hall–Kier alpha value is 0.160. The van der Waals surface area contributed by atoms with Crippen LogP contribution in [0.3, 0.4) is 0 Å². The molecule has 0 aromatic heterocycles. The van der Waals surface area contributed by atoms with Gasteiger partial charge in [-0.05, 0) is 47.3 Å². The molecule has 4 heteroatoms. The summed E-state index contributed by atoms with van der Waals surface area (Å²) < 4.78 is 1.30. The van der Waals surface area contributed by atoms with Crippen LogP contribution in [0.1, 0.15) is 5.56 Å². The van der Waals surface area contributed by atoms with Crippen molar-refractivity contribution in [2.45, 2.75) is 12.6 Å². The van der Waals surface area contributed by atoms with Crippen LogP contribution >= 0.6 is 35.0 Å². The zero-order valence-corrected chi connectivity index (χ0v) is 11.7. The minimum absolute atomic E-state index is 0. The third-order valence-electron chi connectivity index (χ3n) is 2.73. The lowest BCUT2D eigenvalue weighted by molar-refractivity contribution is 0.173. The molecule has 0 atom stereocenters. The fourth-order valence-corrected chi connectivity index (χ4v) is 1.95. The van der Waals surface area contributed by atoms with Crippen molar-refractivity contribution in [1.82, 2.24) is 10.2 Å². The Bertz CT molecular complexity index is 298. The molecule has 0 bridgehead atoms. The molecule has 0 spiro atoms. The van der Waals surface area contributed by atoms with Crippen molar-refractivity contribution in [3.8, 4) is 0 Å². The van der Waals surface area contributed by atoms with E-state index in [4.69, 9.17) is 0 Å². The summed E-state index contributed by atoms with van der Waals surface area (Å²) in [5.74, 6) is 0. The third-order valence-corrected chi connectivity index (χ3v) is 3.45. The minimum Gasteiger partial charge on any atom is -0.314 e. The van der Waals surface area contributed by atoms with E-state index in [1.807, 2.05) is 0 Å². The molecule has 1 aliphatic heterocycles. The van der Waals surface area contributed by atoms with Crippen molar-refractivity contribution in [2.24, 2.45) is 0 Å². The first-order chi connectivity index (χ1) is 6.75. The second-order valence-electron chi connectivity index (χ2n) is 3.85. The van der Waals surface area contributed by atoms with Gasteiger partial charge in [-0.2, -0.15) is 0 Å². The molecule has 2 nitrogen and oxygen atoms in total. The number of benzene rings is 1. The number of nitrogens with zero attached hydrogens (tertiary/aromatic N) is 1. The molecule has 1 aromatic carbocycles. The van der Waals surface area contributed by atoms with E-state index in [9.17, 15) is 0 Å². The lowest BCUT2D eigenvalue weighted by atomic mass is 10.1. The normalized spacial score (nSPS) is 15.9. The van der Waals surface area contributed by atoms with E-state index in [0.29, 0.717) is 0 Å². The summed E-state index contributed by atoms with van der Waals surface area (Å²) >= 11 is 2.34. The zero-order valence-electron chi connectivity index (χ0n) is 8.74. The van der Waals surface area contributed by atoms with Crippen molar-refractivity contribution in [3.05, 3.63) is 33.4 Å². The lowest BCUT2D eigenvalue weighted by Crippen LogP contribution is -2.55. The van der Waals surface area contributed by atoms with E-state index < -0.39 is 0 Å². The van der Waals surface area contributed by atoms with Gasteiger partial charge in [0.1, 0.15) is 0 Å². The summed E-state index contributed by atoms with van der Waals surface area (Å²) in [5, 5.41) is 3.29. The smallest absolute Gasteiger partial charge is 0.0345 e. The highest BCUT2D eigenvalue weighted by Gasteiger charge is 2.20. The van der Waals surface area contributed by atoms with Gasteiger partial charge in [0, 0.05) is 29.2 Å². The molecular formula is C11H16ClIN2. The second-order valence-corrected chi connectivity index (χ2v) is 5.10. The molecule has 1 aliphatic rings. The molecule has 0 radical (unpaired) electrons. The van der Waals surface area contributed by atoms with Gasteiger partial charge in [-0.1, -0.05) is 12.1 Å². The first-order valence-corrected chi connectivity index (χ1v) is 5.99. The van der Waals surface area contributed by atoms with Crippen LogP contribution in [0.25, 0.3) is 0 Å². The van der Waals surface area contributed by atoms with Crippen molar-refractivity contribution in [1.29, 1.82) is 0 Å². The molecule has 1 heterocycles. The second kappa shape index (κ2) is 6.03. The Kier molecular flexibility index (Phi) is 5.32. The predicted octanol–water partition coefficient (Wildman–Crippen LogP) is 2.12. The molecule has 84 valence electrons. The number of hydrogen-bond donors (Lipinski definition) is 1. The maximum Gasteiger partial charge on any atom is 0.0345 e. The maximum atomic E-state index is 3.29. The van der Waals surface area contributed by atoms with Crippen LogP contribution in [0.5, 0.6) is 0 Å². The van der Waals surface area contributed by atoms with Crippen LogP contribution < -0.4 is 5.32 Å². The summed E-state index contributed by atoms with van der Waals surface area (Å²) in [4.78, 5) is 2.42. The highest BCUT2D eigenvalue weighted by Crippen LogP contribution is 2.11. The topological polar surface area (TPSA) is 15.3 Å². The van der Waals surface area contributed by atoms with Gasteiger partial charge < -0.3 is 5.32 Å². The largest absolute Gasteiger partial charge is 0.314 e. The van der Waals surface area contributed by atoms with Gasteiger partial charge in [0.15, 0.2) is 0 Å². The van der Waals surface area contributed by atoms with Gasteiger partial charge >= 0.3 is 0 Å². The molecule has 15 heavy (non-hydrogen) atoms. The molecule has 0 amide bonds. The number of halogens is 2. The fraction of sp³-hybridized carbons (Fsp3) is 0.455. The highest BCUT2D eigenvalue weighted by molar-refractivity contribution is 14.1. The van der Waals surface area contributed by atoms with Crippen LogP contribution in [0.4, 0.5) is 0 Å². The molecular weight excluding hydrogens is 322 g/mol. The van der Waals surface area contributed by atoms with Crippen LogP contribution in [0, 0.1) is 3.57 Å². The quantitative estimate of drug-likeness (QED) is 0.849. The molecule has 0 saturated carbocycles. The van der Waals surface area contributed by atoms with E-state index >= 15 is 0 Å². The average molecular weight is 339 g/mol. The zero-order chi connectivity index (χ0) is 9.97. The molecule has 1 saturated heterocycles. The van der Waals surface area contributed by atoms with Crippen molar-refractivity contribution < 1.29 is 0 Å². The van der Waals surface area contributed by atoms with Gasteiger partial charge in [-0.15, -0.1) is 12.4 Å². The number of rotatable bonds is 3. The van der Waals surface area contributed by atoms with Gasteiger partial charge in [0.25, 0.3) is 0 Å². The molecule has 1 aromatic rings.